The van der Waals surface area contributed by atoms with E-state index in [1.165, 1.54) is 77.0 Å². The molecule has 0 aliphatic carbocycles. The lowest BCUT2D eigenvalue weighted by Crippen LogP contribution is -2.50. The minimum atomic E-state index is -0.887. The van der Waals surface area contributed by atoms with Crippen LogP contribution in [-0.4, -0.2) is 80.6 Å². The van der Waals surface area contributed by atoms with Crippen LogP contribution in [0, 0.1) is 0 Å². The second-order valence-electron chi connectivity index (χ2n) is 15.2. The SMILES string of the molecule is CC/C=C/C/C=C/C/C=C/CC(=O)OCC(COCCC(C(=O)O)[N+](C)(C)C)OC(=O)CCCCCCCCCCCCCCCC/C=C/C/C=C/CC. The highest BCUT2D eigenvalue weighted by Gasteiger charge is 2.31. The smallest absolute Gasteiger partial charge is 0.362 e. The highest BCUT2D eigenvalue weighted by atomic mass is 16.6. The number of unbranched alkanes of at least 4 members (excludes halogenated alkanes) is 14. The zero-order chi connectivity index (χ0) is 40.0. The lowest BCUT2D eigenvalue weighted by molar-refractivity contribution is -0.887. The van der Waals surface area contributed by atoms with Gasteiger partial charge >= 0.3 is 17.9 Å². The van der Waals surface area contributed by atoms with Crippen LogP contribution in [0.25, 0.3) is 0 Å². The molecular weight excluding hydrogens is 679 g/mol. The van der Waals surface area contributed by atoms with Gasteiger partial charge < -0.3 is 23.8 Å². The van der Waals surface area contributed by atoms with E-state index >= 15 is 0 Å². The van der Waals surface area contributed by atoms with E-state index in [-0.39, 0.29) is 36.7 Å². The maximum atomic E-state index is 12.7. The van der Waals surface area contributed by atoms with Gasteiger partial charge in [0.2, 0.25) is 0 Å². The quantitative estimate of drug-likeness (QED) is 0.0291. The molecule has 0 aromatic carbocycles. The molecule has 0 bridgehead atoms. The van der Waals surface area contributed by atoms with Crippen LogP contribution < -0.4 is 0 Å². The third-order valence-electron chi connectivity index (χ3n) is 9.20. The van der Waals surface area contributed by atoms with Crippen LogP contribution >= 0.6 is 0 Å². The standard InChI is InChI=1S/C46H79NO7/c1-6-8-10-12-14-16-17-18-19-20-21-22-23-24-25-26-27-29-31-33-35-37-45(49)54-42(40-52-39-38-43(46(50)51)47(3,4)5)41-53-44(48)36-34-32-30-28-15-13-11-9-7-2/h8-11,14-16,28,32,34,42-43H,6-7,12-13,17-27,29-31,33,35-41H2,1-5H3/p+1/b10-8+,11-9+,16-14+,28-15+,34-32+. The highest BCUT2D eigenvalue weighted by Crippen LogP contribution is 2.15. The minimum absolute atomic E-state index is 0.0328. The number of carbonyl (C=O) groups excluding carboxylic acids is 2. The molecule has 0 aliphatic rings. The summed E-state index contributed by atoms with van der Waals surface area (Å²) in [6, 6.07) is -0.626. The second kappa shape index (κ2) is 37.0. The fourth-order valence-corrected chi connectivity index (χ4v) is 5.95. The first-order valence-electron chi connectivity index (χ1n) is 21.3. The van der Waals surface area contributed by atoms with Gasteiger partial charge in [-0.2, -0.15) is 0 Å². The van der Waals surface area contributed by atoms with Gasteiger partial charge in [0.25, 0.3) is 0 Å². The van der Waals surface area contributed by atoms with Gasteiger partial charge in [0.05, 0.1) is 40.8 Å². The number of nitrogens with zero attached hydrogens (tertiary/aromatic N) is 1. The number of rotatable bonds is 37. The topological polar surface area (TPSA) is 99.1 Å². The molecule has 0 saturated heterocycles. The van der Waals surface area contributed by atoms with Crippen molar-refractivity contribution in [3.63, 3.8) is 0 Å². The summed E-state index contributed by atoms with van der Waals surface area (Å²) in [5.41, 5.74) is 0. The van der Waals surface area contributed by atoms with E-state index in [9.17, 15) is 19.5 Å². The number of hydrogen-bond acceptors (Lipinski definition) is 6. The molecular formula is C46H80NO7+. The number of allylic oxidation sites excluding steroid dienone is 9. The van der Waals surface area contributed by atoms with Gasteiger partial charge in [-0.3, -0.25) is 9.59 Å². The molecule has 1 N–H and O–H groups in total. The first-order valence-corrected chi connectivity index (χ1v) is 21.3. The molecule has 0 aromatic rings. The van der Waals surface area contributed by atoms with E-state index in [0.717, 1.165) is 51.4 Å². The Morgan fingerprint density at radius 3 is 1.54 bits per heavy atom. The Kier molecular flexibility index (Phi) is 34.9. The Labute approximate surface area is 330 Å². The van der Waals surface area contributed by atoms with Gasteiger partial charge in [0.15, 0.2) is 12.1 Å². The maximum absolute atomic E-state index is 12.7. The molecule has 0 rings (SSSR count). The summed E-state index contributed by atoms with van der Waals surface area (Å²) in [7, 11) is 5.49. The summed E-state index contributed by atoms with van der Waals surface area (Å²) in [5, 5.41) is 9.59. The van der Waals surface area contributed by atoms with Crippen molar-refractivity contribution < 1.29 is 38.2 Å². The summed E-state index contributed by atoms with van der Waals surface area (Å²) < 4.78 is 17.1. The number of carboxylic acids is 1. The lowest BCUT2D eigenvalue weighted by atomic mass is 10.0. The van der Waals surface area contributed by atoms with Crippen molar-refractivity contribution >= 4 is 17.9 Å². The van der Waals surface area contributed by atoms with Crippen molar-refractivity contribution in [2.75, 3.05) is 41.0 Å². The van der Waals surface area contributed by atoms with Crippen LogP contribution in [-0.2, 0) is 28.6 Å². The zero-order valence-electron chi connectivity index (χ0n) is 35.2. The molecule has 54 heavy (non-hydrogen) atoms. The molecule has 0 radical (unpaired) electrons. The van der Waals surface area contributed by atoms with E-state index in [2.05, 4.69) is 62.5 Å². The van der Waals surface area contributed by atoms with Crippen molar-refractivity contribution in [2.24, 2.45) is 0 Å². The number of quaternary nitrogens is 1. The van der Waals surface area contributed by atoms with Crippen LogP contribution in [0.2, 0.25) is 0 Å². The average molecular weight is 759 g/mol. The number of ether oxygens (including phenoxy) is 3. The first kappa shape index (κ1) is 51.0. The Balaban J connectivity index is 4.28. The summed E-state index contributed by atoms with van der Waals surface area (Å²) in [6.45, 7) is 4.40. The molecule has 8 nitrogen and oxygen atoms in total. The minimum Gasteiger partial charge on any atom is -0.477 e. The number of likely N-dealkylation sites (N-methyl/N-ethyl adjacent to an activating group) is 1. The van der Waals surface area contributed by atoms with E-state index in [0.29, 0.717) is 12.8 Å². The summed E-state index contributed by atoms with van der Waals surface area (Å²) in [5.74, 6) is -1.62. The molecule has 0 saturated carbocycles. The predicted octanol–water partition coefficient (Wildman–Crippen LogP) is 11.4. The largest absolute Gasteiger partial charge is 0.477 e. The van der Waals surface area contributed by atoms with Gasteiger partial charge in [-0.25, -0.2) is 4.79 Å². The van der Waals surface area contributed by atoms with Gasteiger partial charge in [-0.05, 0) is 51.4 Å². The normalized spacial score (nSPS) is 13.6. The van der Waals surface area contributed by atoms with Crippen LogP contribution in [0.4, 0.5) is 0 Å². The third kappa shape index (κ3) is 34.8. The van der Waals surface area contributed by atoms with Crippen molar-refractivity contribution in [2.45, 2.75) is 174 Å². The molecule has 0 aliphatic heterocycles. The average Bonchev–Trinajstić information content (AvgIpc) is 3.12. The molecule has 0 heterocycles. The Morgan fingerprint density at radius 2 is 1.04 bits per heavy atom. The van der Waals surface area contributed by atoms with Gasteiger partial charge in [0.1, 0.15) is 6.61 Å². The van der Waals surface area contributed by atoms with E-state index < -0.39 is 24.1 Å². The molecule has 0 amide bonds. The third-order valence-corrected chi connectivity index (χ3v) is 9.20. The fourth-order valence-electron chi connectivity index (χ4n) is 5.95. The van der Waals surface area contributed by atoms with Crippen molar-refractivity contribution in [3.8, 4) is 0 Å². The summed E-state index contributed by atoms with van der Waals surface area (Å²) in [6.07, 6.45) is 44.6. The number of hydrogen-bond donors (Lipinski definition) is 1. The van der Waals surface area contributed by atoms with Crippen LogP contribution in [0.1, 0.15) is 162 Å². The summed E-state index contributed by atoms with van der Waals surface area (Å²) in [4.78, 5) is 36.8. The van der Waals surface area contributed by atoms with Crippen molar-refractivity contribution in [3.05, 3.63) is 60.8 Å². The first-order chi connectivity index (χ1) is 26.1. The van der Waals surface area contributed by atoms with Crippen molar-refractivity contribution in [1.82, 2.24) is 0 Å². The van der Waals surface area contributed by atoms with Gasteiger partial charge in [0, 0.05) is 12.8 Å². The number of carbonyl (C=O) groups is 3. The van der Waals surface area contributed by atoms with E-state index in [1.54, 1.807) is 6.08 Å². The van der Waals surface area contributed by atoms with E-state index in [4.69, 9.17) is 14.2 Å². The molecule has 2 unspecified atom stereocenters. The number of esters is 2. The highest BCUT2D eigenvalue weighted by molar-refractivity contribution is 5.72. The van der Waals surface area contributed by atoms with Crippen LogP contribution in [0.3, 0.4) is 0 Å². The van der Waals surface area contributed by atoms with Crippen LogP contribution in [0.15, 0.2) is 60.8 Å². The Hall–Kier alpha value is -2.97. The van der Waals surface area contributed by atoms with Crippen molar-refractivity contribution in [1.29, 1.82) is 0 Å². The monoisotopic (exact) mass is 759 g/mol. The molecule has 8 heteroatoms. The van der Waals surface area contributed by atoms with Gasteiger partial charge in [-0.15, -0.1) is 0 Å². The molecule has 0 fully saturated rings. The van der Waals surface area contributed by atoms with E-state index in [1.807, 2.05) is 27.2 Å². The lowest BCUT2D eigenvalue weighted by Gasteiger charge is -2.31. The molecule has 0 spiro atoms. The predicted molar refractivity (Wildman–Crippen MR) is 224 cm³/mol. The Morgan fingerprint density at radius 1 is 0.574 bits per heavy atom. The molecule has 2 atom stereocenters. The summed E-state index contributed by atoms with van der Waals surface area (Å²) >= 11 is 0. The Bertz CT molecular complexity index is 1070. The van der Waals surface area contributed by atoms with Crippen LogP contribution in [0.5, 0.6) is 0 Å². The zero-order valence-corrected chi connectivity index (χ0v) is 35.2. The number of carboxylic acid groups (broad SMARTS) is 1. The second-order valence-corrected chi connectivity index (χ2v) is 15.2. The maximum Gasteiger partial charge on any atom is 0.362 e. The molecule has 310 valence electrons. The number of aliphatic carboxylic acids is 1. The molecule has 0 aromatic heterocycles. The van der Waals surface area contributed by atoms with Gasteiger partial charge in [-0.1, -0.05) is 152 Å². The fraction of sp³-hybridized carbons (Fsp3) is 0.717.